The van der Waals surface area contributed by atoms with Crippen molar-refractivity contribution in [1.82, 2.24) is 30.6 Å². The first-order valence-electron chi connectivity index (χ1n) is 29.3. The molecule has 28 heteroatoms. The van der Waals surface area contributed by atoms with Gasteiger partial charge in [-0.25, -0.2) is 0 Å². The lowest BCUT2D eigenvalue weighted by atomic mass is 9.80. The highest BCUT2D eigenvalue weighted by Gasteiger charge is 2.48. The SMILES string of the molecule is CC(=O)O.CC(=O)O.CC(=O)O.CC(=O)O.CC(=O)O.CC1(C)CC(O)CC(C)(C)N1O.CC1(C)CC(O)CC(C)(C)N1O.CC1(C)CC(O)CC(C)(C)N1O.CC1(C)CC(O)CC(C)(C)N1O.CC1(C)CC(O)CC(C)(C)N1O.NCCNCCN. The van der Waals surface area contributed by atoms with Crippen molar-refractivity contribution in [3.8, 4) is 0 Å². The molecule has 0 unspecified atom stereocenters. The van der Waals surface area contributed by atoms with E-state index in [0.29, 0.717) is 77.3 Å². The normalized spacial score (nSPS) is 23.2. The number of nitrogens with two attached hydrogens (primary N) is 2. The molecule has 0 aromatic carbocycles. The summed E-state index contributed by atoms with van der Waals surface area (Å²) in [5.74, 6) is -4.17. The molecule has 0 amide bonds. The van der Waals surface area contributed by atoms with Crippen molar-refractivity contribution in [3.63, 3.8) is 0 Å². The smallest absolute Gasteiger partial charge is 0.300 e. The minimum absolute atomic E-state index is 0.293. The third-order valence-electron chi connectivity index (χ3n) is 13.7. The Balaban J connectivity index is -0.000000214. The molecule has 0 aliphatic carbocycles. The van der Waals surface area contributed by atoms with Crippen LogP contribution in [0.1, 0.15) is 237 Å². The molecule has 0 aromatic heterocycles. The maximum atomic E-state index is 9.80. The third-order valence-corrected chi connectivity index (χ3v) is 13.7. The van der Waals surface area contributed by atoms with Crippen LogP contribution >= 0.6 is 0 Å². The molecular weight excluding hydrogens is 1140 g/mol. The van der Waals surface area contributed by atoms with Gasteiger partial charge in [0.25, 0.3) is 29.8 Å². The van der Waals surface area contributed by atoms with Gasteiger partial charge in [-0.2, -0.15) is 25.3 Å². The van der Waals surface area contributed by atoms with E-state index in [-0.39, 0.29) is 85.9 Å². The highest BCUT2D eigenvalue weighted by molar-refractivity contribution is 5.64. The second-order valence-electron chi connectivity index (χ2n) is 28.9. The number of aliphatic hydroxyl groups is 5. The van der Waals surface area contributed by atoms with E-state index in [1.54, 1.807) is 0 Å². The minimum atomic E-state index is -0.833. The van der Waals surface area contributed by atoms with Gasteiger partial charge in [-0.1, -0.05) is 0 Å². The van der Waals surface area contributed by atoms with Gasteiger partial charge in [0.1, 0.15) is 0 Å². The molecule has 0 bridgehead atoms. The molecule has 0 spiro atoms. The lowest BCUT2D eigenvalue weighted by Gasteiger charge is -2.50. The maximum absolute atomic E-state index is 9.80. The lowest BCUT2D eigenvalue weighted by molar-refractivity contribution is -0.257. The van der Waals surface area contributed by atoms with Crippen molar-refractivity contribution in [2.75, 3.05) is 26.2 Å². The van der Waals surface area contributed by atoms with Crippen LogP contribution < -0.4 is 16.8 Å². The van der Waals surface area contributed by atoms with E-state index in [4.69, 9.17) is 61.0 Å². The van der Waals surface area contributed by atoms with Crippen LogP contribution in [0, 0.1) is 0 Å². The van der Waals surface area contributed by atoms with Crippen molar-refractivity contribution in [3.05, 3.63) is 0 Å². The Morgan fingerprint density at radius 2 is 0.379 bits per heavy atom. The summed E-state index contributed by atoms with van der Waals surface area (Å²) in [5, 5.41) is 144. The van der Waals surface area contributed by atoms with Gasteiger partial charge in [0.15, 0.2) is 0 Å². The molecule has 5 heterocycles. The molecule has 5 saturated heterocycles. The van der Waals surface area contributed by atoms with Crippen LogP contribution in [0.5, 0.6) is 0 Å². The average Bonchev–Trinajstić information content (AvgIpc) is 3.24. The minimum Gasteiger partial charge on any atom is -0.481 e. The summed E-state index contributed by atoms with van der Waals surface area (Å²) < 4.78 is 0. The summed E-state index contributed by atoms with van der Waals surface area (Å²) in [7, 11) is 0. The number of rotatable bonds is 4. The van der Waals surface area contributed by atoms with Crippen molar-refractivity contribution < 1.29 is 101 Å². The summed E-state index contributed by atoms with van der Waals surface area (Å²) in [5.41, 5.74) is 7.15. The summed E-state index contributed by atoms with van der Waals surface area (Å²) in [6.07, 6.45) is 4.85. The zero-order valence-corrected chi connectivity index (χ0v) is 57.9. The van der Waals surface area contributed by atoms with Crippen molar-refractivity contribution in [2.45, 2.75) is 323 Å². The highest BCUT2D eigenvalue weighted by Crippen LogP contribution is 2.40. The van der Waals surface area contributed by atoms with Crippen LogP contribution in [-0.2, 0) is 24.0 Å². The van der Waals surface area contributed by atoms with Gasteiger partial charge in [0.2, 0.25) is 0 Å². The van der Waals surface area contributed by atoms with Gasteiger partial charge in [-0.15, -0.1) is 0 Å². The van der Waals surface area contributed by atoms with Crippen LogP contribution in [0.15, 0.2) is 0 Å². The Morgan fingerprint density at radius 3 is 0.448 bits per heavy atom. The van der Waals surface area contributed by atoms with Crippen LogP contribution in [0.2, 0.25) is 0 Å². The molecule has 524 valence electrons. The average molecular weight is 1270 g/mol. The number of hydrogen-bond donors (Lipinski definition) is 18. The zero-order valence-electron chi connectivity index (χ0n) is 57.9. The van der Waals surface area contributed by atoms with Crippen LogP contribution in [0.25, 0.3) is 0 Å². The fourth-order valence-electron chi connectivity index (χ4n) is 11.4. The first-order chi connectivity index (χ1) is 38.4. The molecule has 5 aliphatic heterocycles. The van der Waals surface area contributed by atoms with Gasteiger partial charge in [-0.3, -0.25) is 24.0 Å². The van der Waals surface area contributed by atoms with Gasteiger partial charge < -0.3 is 93.9 Å². The second kappa shape index (κ2) is 40.5. The van der Waals surface area contributed by atoms with Gasteiger partial charge in [0, 0.05) is 116 Å². The number of aliphatic carboxylic acids is 5. The van der Waals surface area contributed by atoms with E-state index in [1.807, 2.05) is 138 Å². The quantitative estimate of drug-likeness (QED) is 0.146. The van der Waals surface area contributed by atoms with E-state index in [2.05, 4.69) is 5.32 Å². The van der Waals surface area contributed by atoms with E-state index in [9.17, 15) is 51.6 Å². The van der Waals surface area contributed by atoms with Crippen molar-refractivity contribution in [2.24, 2.45) is 11.5 Å². The fraction of sp³-hybridized carbons (Fsp3) is 0.915. The Labute approximate surface area is 520 Å². The molecule has 87 heavy (non-hydrogen) atoms. The zero-order chi connectivity index (χ0) is 71.3. The number of piperidine rings is 5. The maximum Gasteiger partial charge on any atom is 0.300 e. The Kier molecular flexibility index (Phi) is 44.1. The molecule has 0 saturated carbocycles. The molecule has 0 radical (unpaired) electrons. The summed E-state index contributed by atoms with van der Waals surface area (Å²) in [6, 6.07) is 0. The largest absolute Gasteiger partial charge is 0.481 e. The molecule has 0 aromatic rings. The Hall–Kier alpha value is -3.37. The van der Waals surface area contributed by atoms with Crippen LogP contribution in [-0.4, -0.2) is 244 Å². The number of hydrogen-bond acceptors (Lipinski definition) is 23. The second-order valence-corrected chi connectivity index (χ2v) is 28.9. The molecular formula is C59H128N8O20. The van der Waals surface area contributed by atoms with Crippen molar-refractivity contribution >= 4 is 29.8 Å². The number of carboxylic acid groups (broad SMARTS) is 5. The highest BCUT2D eigenvalue weighted by atomic mass is 16.5. The lowest BCUT2D eigenvalue weighted by Crippen LogP contribution is -2.60. The predicted molar refractivity (Wildman–Crippen MR) is 333 cm³/mol. The molecule has 5 fully saturated rings. The summed E-state index contributed by atoms with van der Waals surface area (Å²) in [6.45, 7) is 47.4. The van der Waals surface area contributed by atoms with Gasteiger partial charge >= 0.3 is 0 Å². The summed E-state index contributed by atoms with van der Waals surface area (Å²) >= 11 is 0. The topological polar surface area (TPSA) is 469 Å². The first kappa shape index (κ1) is 94.7. The molecule has 28 nitrogen and oxygen atoms in total. The monoisotopic (exact) mass is 1270 g/mol. The number of aliphatic hydroxyl groups excluding tert-OH is 5. The van der Waals surface area contributed by atoms with E-state index in [0.717, 1.165) is 47.7 Å². The standard InChI is InChI=1S/5C9H19NO2.C4H13N3.5C2H4O2/c5*1-8(2)5-7(11)6-9(3,4)10(8)12;5-1-3-7-4-2-6;5*1-2(3)4/h5*7,11-12H,5-6H2,1-4H3;7H,1-6H2;5*1H3,(H,3,4). The van der Waals surface area contributed by atoms with E-state index >= 15 is 0 Å². The number of nitrogens with zero attached hydrogens (tertiary/aromatic N) is 5. The number of nitrogens with one attached hydrogen (secondary N) is 1. The summed E-state index contributed by atoms with van der Waals surface area (Å²) in [4.78, 5) is 45.0. The number of hydroxylamine groups is 10. The first-order valence-corrected chi connectivity index (χ1v) is 29.3. The third kappa shape index (κ3) is 43.9. The molecule has 5 aliphatic rings. The van der Waals surface area contributed by atoms with E-state index < -0.39 is 29.8 Å². The van der Waals surface area contributed by atoms with E-state index in [1.165, 1.54) is 25.3 Å². The Morgan fingerprint density at radius 1 is 0.299 bits per heavy atom. The molecule has 0 atom stereocenters. The number of carbonyl (C=O) groups is 5. The molecule has 20 N–H and O–H groups in total. The van der Waals surface area contributed by atoms with Crippen LogP contribution in [0.4, 0.5) is 0 Å². The van der Waals surface area contributed by atoms with Crippen molar-refractivity contribution in [1.29, 1.82) is 0 Å². The van der Waals surface area contributed by atoms with Gasteiger partial charge in [-0.05, 0) is 203 Å². The predicted octanol–water partition coefficient (Wildman–Crippen LogP) is 5.90. The molecule has 5 rings (SSSR count). The van der Waals surface area contributed by atoms with Gasteiger partial charge in [0.05, 0.1) is 30.5 Å². The van der Waals surface area contributed by atoms with Crippen LogP contribution in [0.3, 0.4) is 0 Å². The fourth-order valence-corrected chi connectivity index (χ4v) is 11.4. The Bertz CT molecular complexity index is 1540. The number of carboxylic acids is 5.